The van der Waals surface area contributed by atoms with Crippen molar-refractivity contribution < 1.29 is 0 Å². The van der Waals surface area contributed by atoms with Crippen molar-refractivity contribution in [3.8, 4) is 66.7 Å². The van der Waals surface area contributed by atoms with E-state index in [9.17, 15) is 0 Å². The van der Waals surface area contributed by atoms with Crippen LogP contribution in [0.4, 0.5) is 0 Å². The van der Waals surface area contributed by atoms with Gasteiger partial charge in [-0.15, -0.1) is 10.2 Å². The van der Waals surface area contributed by atoms with Gasteiger partial charge in [-0.05, 0) is 60.7 Å². The van der Waals surface area contributed by atoms with E-state index >= 15 is 0 Å². The maximum atomic E-state index is 5.01. The highest BCUT2D eigenvalue weighted by Gasteiger charge is 2.19. The van der Waals surface area contributed by atoms with Crippen LogP contribution in [-0.2, 0) is 0 Å². The number of hydrogen-bond acceptors (Lipinski definition) is 6. The fraction of sp³-hybridized carbons (Fsp3) is 0. The highest BCUT2D eigenvalue weighted by atomic mass is 32.1. The minimum Gasteiger partial charge on any atom is -0.309 e. The summed E-state index contributed by atoms with van der Waals surface area (Å²) < 4.78 is 4.66. The van der Waals surface area contributed by atoms with E-state index in [4.69, 9.17) is 25.1 Å². The second-order valence-corrected chi connectivity index (χ2v) is 16.0. The number of benzene rings is 8. The molecule has 0 amide bonds. The molecule has 12 aromatic rings. The number of rotatable bonds is 7. The first-order chi connectivity index (χ1) is 30.2. The van der Waals surface area contributed by atoms with E-state index in [1.54, 1.807) is 11.3 Å². The molecule has 8 heteroatoms. The van der Waals surface area contributed by atoms with Crippen LogP contribution in [0.5, 0.6) is 0 Å². The Hall–Kier alpha value is -8.07. The van der Waals surface area contributed by atoms with Crippen LogP contribution in [0.15, 0.2) is 200 Å². The van der Waals surface area contributed by atoms with Crippen LogP contribution >= 0.6 is 11.3 Å². The molecule has 0 spiro atoms. The molecule has 0 bridgehead atoms. The molecule has 0 unspecified atom stereocenters. The second kappa shape index (κ2) is 14.3. The summed E-state index contributed by atoms with van der Waals surface area (Å²) in [7, 11) is 0. The molecule has 0 aliphatic rings. The third-order valence-corrected chi connectivity index (χ3v) is 12.4. The Kier molecular flexibility index (Phi) is 8.21. The standard InChI is InChI=1S/C53H33N7S/c1-4-15-34(16-5-1)49-54-50(35-17-6-2-7-18-35)56-51(55-49)36-19-14-22-40(31-36)60-46-26-13-11-24-42(46)44-32-37(28-30-47(44)60)52-57-58-53(61-52)38-27-29-43-41-23-10-12-25-45(41)59(48(43)33-38)39-20-8-3-9-21-39/h1-33H. The van der Waals surface area contributed by atoms with Crippen LogP contribution in [0.25, 0.3) is 110 Å². The van der Waals surface area contributed by atoms with E-state index < -0.39 is 0 Å². The lowest BCUT2D eigenvalue weighted by molar-refractivity contribution is 1.07. The van der Waals surface area contributed by atoms with Crippen molar-refractivity contribution in [2.45, 2.75) is 0 Å². The van der Waals surface area contributed by atoms with Gasteiger partial charge < -0.3 is 9.13 Å². The van der Waals surface area contributed by atoms with Gasteiger partial charge in [-0.3, -0.25) is 0 Å². The lowest BCUT2D eigenvalue weighted by Gasteiger charge is -2.11. The first kappa shape index (κ1) is 34.9. The topological polar surface area (TPSA) is 74.3 Å². The molecule has 0 aliphatic heterocycles. The fourth-order valence-corrected chi connectivity index (χ4v) is 9.36. The summed E-state index contributed by atoms with van der Waals surface area (Å²) in [6, 6.07) is 69.6. The summed E-state index contributed by atoms with van der Waals surface area (Å²) in [6.45, 7) is 0. The van der Waals surface area contributed by atoms with E-state index in [0.717, 1.165) is 76.5 Å². The molecule has 8 aromatic carbocycles. The maximum absolute atomic E-state index is 5.01. The minimum absolute atomic E-state index is 0.616. The second-order valence-electron chi connectivity index (χ2n) is 15.0. The van der Waals surface area contributed by atoms with Gasteiger partial charge in [0.25, 0.3) is 0 Å². The van der Waals surface area contributed by atoms with Crippen molar-refractivity contribution in [1.82, 2.24) is 34.3 Å². The van der Waals surface area contributed by atoms with Gasteiger partial charge in [0.2, 0.25) is 0 Å². The Morgan fingerprint density at radius 1 is 0.295 bits per heavy atom. The predicted molar refractivity (Wildman–Crippen MR) is 249 cm³/mol. The monoisotopic (exact) mass is 799 g/mol. The molecular formula is C53H33N7S. The molecule has 0 saturated carbocycles. The van der Waals surface area contributed by atoms with Crippen LogP contribution < -0.4 is 0 Å². The van der Waals surface area contributed by atoms with Gasteiger partial charge in [0.05, 0.1) is 22.1 Å². The molecule has 0 N–H and O–H groups in total. The number of fused-ring (bicyclic) bond motifs is 6. The number of hydrogen-bond donors (Lipinski definition) is 0. The summed E-state index contributed by atoms with van der Waals surface area (Å²) in [6.07, 6.45) is 0. The third-order valence-electron chi connectivity index (χ3n) is 11.3. The molecule has 0 aliphatic carbocycles. The Labute approximate surface area is 354 Å². The molecule has 286 valence electrons. The van der Waals surface area contributed by atoms with Crippen molar-refractivity contribution in [3.05, 3.63) is 200 Å². The molecule has 0 fully saturated rings. The van der Waals surface area contributed by atoms with E-state index in [1.807, 2.05) is 60.7 Å². The molecule has 7 nitrogen and oxygen atoms in total. The van der Waals surface area contributed by atoms with Gasteiger partial charge >= 0.3 is 0 Å². The summed E-state index contributed by atoms with van der Waals surface area (Å²) in [5.41, 5.74) is 11.5. The molecular weight excluding hydrogens is 767 g/mol. The lowest BCUT2D eigenvalue weighted by Crippen LogP contribution is -2.01. The van der Waals surface area contributed by atoms with Crippen LogP contribution in [0.3, 0.4) is 0 Å². The van der Waals surface area contributed by atoms with E-state index in [-0.39, 0.29) is 0 Å². The van der Waals surface area contributed by atoms with Gasteiger partial charge in [-0.1, -0.05) is 151 Å². The fourth-order valence-electron chi connectivity index (χ4n) is 8.52. The Morgan fingerprint density at radius 2 is 0.754 bits per heavy atom. The molecule has 4 aromatic heterocycles. The average Bonchev–Trinajstić information content (AvgIpc) is 4.05. The Morgan fingerprint density at radius 3 is 1.41 bits per heavy atom. The normalized spacial score (nSPS) is 11.6. The van der Waals surface area contributed by atoms with Crippen LogP contribution in [0.2, 0.25) is 0 Å². The predicted octanol–water partition coefficient (Wildman–Crippen LogP) is 13.3. The van der Waals surface area contributed by atoms with Gasteiger partial charge in [0.1, 0.15) is 10.0 Å². The van der Waals surface area contributed by atoms with E-state index in [0.29, 0.717) is 17.5 Å². The lowest BCUT2D eigenvalue weighted by atomic mass is 10.1. The first-order valence-corrected chi connectivity index (χ1v) is 21.0. The molecule has 12 rings (SSSR count). The number of nitrogens with zero attached hydrogens (tertiary/aromatic N) is 7. The molecule has 0 atom stereocenters. The minimum atomic E-state index is 0.616. The van der Waals surface area contributed by atoms with Crippen molar-refractivity contribution >= 4 is 54.9 Å². The quantitative estimate of drug-likeness (QED) is 0.160. The van der Waals surface area contributed by atoms with Crippen molar-refractivity contribution in [2.24, 2.45) is 0 Å². The summed E-state index contributed by atoms with van der Waals surface area (Å²) in [4.78, 5) is 14.9. The van der Waals surface area contributed by atoms with Crippen LogP contribution in [-0.4, -0.2) is 34.3 Å². The van der Waals surface area contributed by atoms with Crippen LogP contribution in [0.1, 0.15) is 0 Å². The first-order valence-electron chi connectivity index (χ1n) is 20.2. The number of para-hydroxylation sites is 3. The summed E-state index contributed by atoms with van der Waals surface area (Å²) >= 11 is 1.61. The maximum Gasteiger partial charge on any atom is 0.164 e. The Balaban J connectivity index is 0.941. The SMILES string of the molecule is c1ccc(-c2nc(-c3ccccc3)nc(-c3cccc(-n4c5ccccc5c5cc(-c6nnc(-c7ccc8c9ccccc9n(-c9ccccc9)c8c7)s6)ccc54)c3)n2)cc1. The van der Waals surface area contributed by atoms with Crippen molar-refractivity contribution in [1.29, 1.82) is 0 Å². The highest BCUT2D eigenvalue weighted by molar-refractivity contribution is 7.17. The van der Waals surface area contributed by atoms with E-state index in [1.165, 1.54) is 16.3 Å². The zero-order valence-corrected chi connectivity index (χ0v) is 33.4. The highest BCUT2D eigenvalue weighted by Crippen LogP contribution is 2.39. The molecule has 0 saturated heterocycles. The molecule has 4 heterocycles. The summed E-state index contributed by atoms with van der Waals surface area (Å²) in [5, 5.41) is 16.0. The Bertz CT molecular complexity index is 3530. The average molecular weight is 800 g/mol. The zero-order valence-electron chi connectivity index (χ0n) is 32.6. The van der Waals surface area contributed by atoms with Crippen LogP contribution in [0, 0.1) is 0 Å². The van der Waals surface area contributed by atoms with Gasteiger partial charge in [-0.25, -0.2) is 15.0 Å². The molecule has 0 radical (unpaired) electrons. The van der Waals surface area contributed by atoms with Gasteiger partial charge in [0.15, 0.2) is 17.5 Å². The smallest absolute Gasteiger partial charge is 0.164 e. The zero-order chi connectivity index (χ0) is 40.3. The third kappa shape index (κ3) is 6.00. The van der Waals surface area contributed by atoms with Crippen molar-refractivity contribution in [2.75, 3.05) is 0 Å². The van der Waals surface area contributed by atoms with E-state index in [2.05, 4.69) is 149 Å². The summed E-state index contributed by atoms with van der Waals surface area (Å²) in [5.74, 6) is 1.88. The number of aromatic nitrogens is 7. The van der Waals surface area contributed by atoms with Gasteiger partial charge in [-0.2, -0.15) is 0 Å². The van der Waals surface area contributed by atoms with Gasteiger partial charge in [0, 0.05) is 60.7 Å². The largest absolute Gasteiger partial charge is 0.309 e. The van der Waals surface area contributed by atoms with Crippen molar-refractivity contribution in [3.63, 3.8) is 0 Å². The molecule has 61 heavy (non-hydrogen) atoms.